The fourth-order valence-electron chi connectivity index (χ4n) is 1.19. The first-order chi connectivity index (χ1) is 8.37. The lowest BCUT2D eigenvalue weighted by molar-refractivity contribution is -0.153. The molecule has 1 aromatic rings. The van der Waals surface area contributed by atoms with Gasteiger partial charge in [-0.15, -0.1) is 0 Å². The van der Waals surface area contributed by atoms with E-state index >= 15 is 0 Å². The Morgan fingerprint density at radius 1 is 1.56 bits per heavy atom. The number of ether oxygens (including phenoxy) is 1. The average Bonchev–Trinajstić information content (AvgIpc) is 2.25. The van der Waals surface area contributed by atoms with Crippen molar-refractivity contribution in [1.29, 1.82) is 0 Å². The number of amides is 1. The van der Waals surface area contributed by atoms with Gasteiger partial charge in [0.25, 0.3) is 0 Å². The summed E-state index contributed by atoms with van der Waals surface area (Å²) in [5.74, 6) is -0.570. The number of nitrogens with zero attached hydrogens (tertiary/aromatic N) is 1. The minimum Gasteiger partial charge on any atom is -0.487 e. The first-order valence-electron chi connectivity index (χ1n) is 5.27. The van der Waals surface area contributed by atoms with Crippen molar-refractivity contribution >= 4 is 5.91 Å². The number of alkyl halides is 3. The molecule has 0 saturated carbocycles. The van der Waals surface area contributed by atoms with Crippen LogP contribution in [0, 0.1) is 0 Å². The van der Waals surface area contributed by atoms with E-state index in [0.29, 0.717) is 5.75 Å². The molecular weight excluding hydrogens is 249 g/mol. The molecule has 1 amide bonds. The summed E-state index contributed by atoms with van der Waals surface area (Å²) < 4.78 is 41.0. The molecule has 1 heterocycles. The molecule has 18 heavy (non-hydrogen) atoms. The number of nitrogens with one attached hydrogen (secondary N) is 1. The summed E-state index contributed by atoms with van der Waals surface area (Å²) in [7, 11) is 0. The molecule has 4 nitrogen and oxygen atoms in total. The molecular formula is C11H13F3N2O2. The second-order valence-electron chi connectivity index (χ2n) is 3.71. The van der Waals surface area contributed by atoms with Crippen molar-refractivity contribution in [2.24, 2.45) is 0 Å². The third-order valence-corrected chi connectivity index (χ3v) is 1.92. The lowest BCUT2D eigenvalue weighted by atomic mass is 10.3. The molecule has 7 heteroatoms. The fraction of sp³-hybridized carbons (Fsp3) is 0.455. The predicted molar refractivity (Wildman–Crippen MR) is 58.0 cm³/mol. The highest BCUT2D eigenvalue weighted by Crippen LogP contribution is 2.18. The summed E-state index contributed by atoms with van der Waals surface area (Å²) >= 11 is 0. The van der Waals surface area contributed by atoms with Gasteiger partial charge >= 0.3 is 6.18 Å². The molecule has 1 aromatic heterocycles. The lowest BCUT2D eigenvalue weighted by Gasteiger charge is -2.15. The third-order valence-electron chi connectivity index (χ3n) is 1.92. The molecule has 0 aromatic carbocycles. The Labute approximate surface area is 102 Å². The Bertz CT molecular complexity index is 382. The smallest absolute Gasteiger partial charge is 0.397 e. The summed E-state index contributed by atoms with van der Waals surface area (Å²) in [5, 5.41) is 2.15. The first kappa shape index (κ1) is 14.3. The van der Waals surface area contributed by atoms with E-state index < -0.39 is 24.6 Å². The highest BCUT2D eigenvalue weighted by Gasteiger charge is 2.31. The summed E-state index contributed by atoms with van der Waals surface area (Å²) in [6.45, 7) is 1.64. The van der Waals surface area contributed by atoms with E-state index in [1.807, 2.05) is 0 Å². The van der Waals surface area contributed by atoms with Crippen LogP contribution < -0.4 is 10.1 Å². The van der Waals surface area contributed by atoms with E-state index in [4.69, 9.17) is 4.74 Å². The van der Waals surface area contributed by atoms with Crippen molar-refractivity contribution < 1.29 is 22.7 Å². The maximum atomic E-state index is 11.9. The molecule has 1 rings (SSSR count). The lowest BCUT2D eigenvalue weighted by Crippen LogP contribution is -2.35. The van der Waals surface area contributed by atoms with Gasteiger partial charge in [-0.25, -0.2) is 0 Å². The molecule has 0 spiro atoms. The van der Waals surface area contributed by atoms with Crippen LogP contribution in [0.1, 0.15) is 13.3 Å². The maximum Gasteiger partial charge on any atom is 0.397 e. The van der Waals surface area contributed by atoms with Gasteiger partial charge in [-0.2, -0.15) is 13.2 Å². The molecule has 0 saturated heterocycles. The number of carbonyl (C=O) groups is 1. The van der Waals surface area contributed by atoms with Gasteiger partial charge < -0.3 is 10.1 Å². The van der Waals surface area contributed by atoms with Crippen LogP contribution in [0.4, 0.5) is 13.2 Å². The number of hydrogen-bond acceptors (Lipinski definition) is 3. The van der Waals surface area contributed by atoms with Crippen LogP contribution in [0.2, 0.25) is 0 Å². The maximum absolute atomic E-state index is 11.9. The van der Waals surface area contributed by atoms with Crippen LogP contribution in [0.25, 0.3) is 0 Å². The monoisotopic (exact) mass is 262 g/mol. The van der Waals surface area contributed by atoms with Crippen LogP contribution in [-0.4, -0.2) is 29.7 Å². The van der Waals surface area contributed by atoms with Gasteiger partial charge in [0, 0.05) is 6.20 Å². The molecule has 0 fully saturated rings. The van der Waals surface area contributed by atoms with Gasteiger partial charge in [0.2, 0.25) is 5.91 Å². The fourth-order valence-corrected chi connectivity index (χ4v) is 1.19. The van der Waals surface area contributed by atoms with E-state index in [9.17, 15) is 18.0 Å². The van der Waals surface area contributed by atoms with Crippen molar-refractivity contribution in [3.63, 3.8) is 0 Å². The number of aromatic nitrogens is 1. The largest absolute Gasteiger partial charge is 0.487 e. The van der Waals surface area contributed by atoms with Crippen LogP contribution in [-0.2, 0) is 4.79 Å². The van der Waals surface area contributed by atoms with E-state index in [0.717, 1.165) is 0 Å². The molecule has 0 aliphatic carbocycles. The average molecular weight is 262 g/mol. The SMILES string of the molecule is C[C@H](CNC(=O)CC(F)(F)F)Oc1cccnc1. The molecule has 0 radical (unpaired) electrons. The van der Waals surface area contributed by atoms with Crippen molar-refractivity contribution in [3.05, 3.63) is 24.5 Å². The van der Waals surface area contributed by atoms with Crippen LogP contribution >= 0.6 is 0 Å². The van der Waals surface area contributed by atoms with Crippen LogP contribution in [0.5, 0.6) is 5.75 Å². The summed E-state index contributed by atoms with van der Waals surface area (Å²) in [6, 6.07) is 3.34. The van der Waals surface area contributed by atoms with E-state index in [-0.39, 0.29) is 6.54 Å². The molecule has 1 atom stereocenters. The quantitative estimate of drug-likeness (QED) is 0.882. The van der Waals surface area contributed by atoms with E-state index in [1.165, 1.54) is 6.20 Å². The second kappa shape index (κ2) is 6.23. The van der Waals surface area contributed by atoms with Crippen molar-refractivity contribution in [2.45, 2.75) is 25.6 Å². The molecule has 0 aliphatic rings. The van der Waals surface area contributed by atoms with Crippen LogP contribution in [0.3, 0.4) is 0 Å². The zero-order chi connectivity index (χ0) is 13.6. The minimum absolute atomic E-state index is 0.00378. The van der Waals surface area contributed by atoms with E-state index in [1.54, 1.807) is 25.3 Å². The zero-order valence-corrected chi connectivity index (χ0v) is 9.70. The number of carbonyl (C=O) groups excluding carboxylic acids is 1. The summed E-state index contributed by atoms with van der Waals surface area (Å²) in [5.41, 5.74) is 0. The number of hydrogen-bond donors (Lipinski definition) is 1. The normalized spacial score (nSPS) is 12.9. The van der Waals surface area contributed by atoms with Gasteiger partial charge in [0.05, 0.1) is 12.7 Å². The number of pyridine rings is 1. The first-order valence-corrected chi connectivity index (χ1v) is 5.27. The Morgan fingerprint density at radius 3 is 2.83 bits per heavy atom. The number of rotatable bonds is 5. The van der Waals surface area contributed by atoms with Gasteiger partial charge in [-0.05, 0) is 19.1 Å². The van der Waals surface area contributed by atoms with Crippen molar-refractivity contribution in [1.82, 2.24) is 10.3 Å². The van der Waals surface area contributed by atoms with Crippen molar-refractivity contribution in [2.75, 3.05) is 6.54 Å². The second-order valence-corrected chi connectivity index (χ2v) is 3.71. The Morgan fingerprint density at radius 2 is 2.28 bits per heavy atom. The van der Waals surface area contributed by atoms with Crippen molar-refractivity contribution in [3.8, 4) is 5.75 Å². The summed E-state index contributed by atoms with van der Waals surface area (Å²) in [6.07, 6.45) is -3.35. The Balaban J connectivity index is 2.29. The molecule has 100 valence electrons. The number of halogens is 3. The molecule has 0 aliphatic heterocycles. The highest BCUT2D eigenvalue weighted by molar-refractivity contribution is 5.76. The topological polar surface area (TPSA) is 51.2 Å². The predicted octanol–water partition coefficient (Wildman–Crippen LogP) is 1.92. The minimum atomic E-state index is -4.49. The van der Waals surface area contributed by atoms with Gasteiger partial charge in [-0.1, -0.05) is 0 Å². The van der Waals surface area contributed by atoms with Crippen LogP contribution in [0.15, 0.2) is 24.5 Å². The molecule has 0 bridgehead atoms. The molecule has 1 N–H and O–H groups in total. The highest BCUT2D eigenvalue weighted by atomic mass is 19.4. The van der Waals surface area contributed by atoms with E-state index in [2.05, 4.69) is 10.3 Å². The third kappa shape index (κ3) is 6.07. The summed E-state index contributed by atoms with van der Waals surface area (Å²) in [4.78, 5) is 14.7. The Hall–Kier alpha value is -1.79. The molecule has 0 unspecified atom stereocenters. The van der Waals surface area contributed by atoms with Gasteiger partial charge in [0.1, 0.15) is 18.3 Å². The van der Waals surface area contributed by atoms with Gasteiger partial charge in [-0.3, -0.25) is 9.78 Å². The van der Waals surface area contributed by atoms with Gasteiger partial charge in [0.15, 0.2) is 0 Å². The Kier molecular flexibility index (Phi) is 4.94. The standard InChI is InChI=1S/C11H13F3N2O2/c1-8(18-9-3-2-4-15-7-9)6-16-10(17)5-11(12,13)14/h2-4,7-8H,5-6H2,1H3,(H,16,17)/t8-/m1/s1. The zero-order valence-electron chi connectivity index (χ0n) is 9.70.